The molecular weight excluding hydrogens is 344 g/mol. The van der Waals surface area contributed by atoms with Crippen LogP contribution in [-0.4, -0.2) is 24.7 Å². The number of rotatable bonds is 6. The van der Waals surface area contributed by atoms with E-state index in [1.807, 2.05) is 27.8 Å². The Morgan fingerprint density at radius 2 is 1.96 bits per heavy atom. The van der Waals surface area contributed by atoms with Gasteiger partial charge in [0.1, 0.15) is 0 Å². The van der Waals surface area contributed by atoms with Crippen molar-refractivity contribution in [3.05, 3.63) is 65.7 Å². The van der Waals surface area contributed by atoms with E-state index in [-0.39, 0.29) is 6.04 Å². The van der Waals surface area contributed by atoms with Gasteiger partial charge in [0, 0.05) is 18.9 Å². The van der Waals surface area contributed by atoms with Gasteiger partial charge in [0.15, 0.2) is 5.11 Å². The van der Waals surface area contributed by atoms with Crippen LogP contribution in [0.2, 0.25) is 0 Å². The molecule has 1 aromatic carbocycles. The molecule has 0 bridgehead atoms. The number of thiocarbonyl (C=S) groups is 1. The molecule has 0 amide bonds. The highest BCUT2D eigenvalue weighted by Gasteiger charge is 2.12. The van der Waals surface area contributed by atoms with Crippen molar-refractivity contribution in [2.75, 3.05) is 5.32 Å². The lowest BCUT2D eigenvalue weighted by molar-refractivity contribution is 0.568. The monoisotopic (exact) mass is 368 g/mol. The van der Waals surface area contributed by atoms with Crippen molar-refractivity contribution >= 4 is 23.0 Å². The number of anilines is 1. The Kier molecular flexibility index (Phi) is 5.68. The number of benzene rings is 1. The standard InChI is InChI=1S/C19H24N6S/c1-4-25-18(9-10-20-25)15(3)22-19(26)23-17-11-21-24(13-17)12-16-7-5-14(2)6-8-16/h5-11,13,15H,4,12H2,1-3H3,(H2,22,23,26). The van der Waals surface area contributed by atoms with Crippen LogP contribution in [0.15, 0.2) is 48.9 Å². The van der Waals surface area contributed by atoms with E-state index in [0.717, 1.165) is 24.5 Å². The van der Waals surface area contributed by atoms with Crippen molar-refractivity contribution in [1.29, 1.82) is 0 Å². The molecule has 0 aliphatic rings. The minimum absolute atomic E-state index is 0.0695. The third-order valence-corrected chi connectivity index (χ3v) is 4.42. The highest BCUT2D eigenvalue weighted by molar-refractivity contribution is 7.80. The maximum absolute atomic E-state index is 5.43. The van der Waals surface area contributed by atoms with Crippen LogP contribution in [0.1, 0.15) is 36.7 Å². The lowest BCUT2D eigenvalue weighted by atomic mass is 10.1. The number of aromatic nitrogens is 4. The Morgan fingerprint density at radius 3 is 2.69 bits per heavy atom. The van der Waals surface area contributed by atoms with Gasteiger partial charge in [0.05, 0.1) is 30.2 Å². The molecule has 136 valence electrons. The lowest BCUT2D eigenvalue weighted by Gasteiger charge is -2.17. The summed E-state index contributed by atoms with van der Waals surface area (Å²) in [5, 5.41) is 15.7. The van der Waals surface area contributed by atoms with E-state index in [9.17, 15) is 0 Å². The first-order valence-corrected chi connectivity index (χ1v) is 9.13. The summed E-state index contributed by atoms with van der Waals surface area (Å²) >= 11 is 5.43. The van der Waals surface area contributed by atoms with Crippen LogP contribution in [-0.2, 0) is 13.1 Å². The molecule has 1 unspecified atom stereocenters. The molecule has 2 aromatic heterocycles. The lowest BCUT2D eigenvalue weighted by Crippen LogP contribution is -2.32. The first kappa shape index (κ1) is 18.1. The van der Waals surface area contributed by atoms with Crippen LogP contribution >= 0.6 is 12.2 Å². The summed E-state index contributed by atoms with van der Waals surface area (Å²) in [6.45, 7) is 7.79. The first-order valence-electron chi connectivity index (χ1n) is 8.72. The maximum atomic E-state index is 5.43. The fourth-order valence-electron chi connectivity index (χ4n) is 2.81. The first-order chi connectivity index (χ1) is 12.5. The maximum Gasteiger partial charge on any atom is 0.171 e. The number of nitrogens with zero attached hydrogens (tertiary/aromatic N) is 4. The number of hydrogen-bond donors (Lipinski definition) is 2. The molecule has 0 radical (unpaired) electrons. The fourth-order valence-corrected chi connectivity index (χ4v) is 3.10. The van der Waals surface area contributed by atoms with Gasteiger partial charge in [-0.1, -0.05) is 29.8 Å². The van der Waals surface area contributed by atoms with Gasteiger partial charge in [0.2, 0.25) is 0 Å². The molecule has 0 spiro atoms. The summed E-state index contributed by atoms with van der Waals surface area (Å²) in [6.07, 6.45) is 5.54. The second-order valence-electron chi connectivity index (χ2n) is 6.30. The Balaban J connectivity index is 1.56. The van der Waals surface area contributed by atoms with E-state index < -0.39 is 0 Å². The Hall–Kier alpha value is -2.67. The van der Waals surface area contributed by atoms with E-state index in [2.05, 4.69) is 65.9 Å². The summed E-state index contributed by atoms with van der Waals surface area (Å²) in [5.74, 6) is 0. The van der Waals surface area contributed by atoms with Gasteiger partial charge in [-0.3, -0.25) is 9.36 Å². The molecule has 3 aromatic rings. The highest BCUT2D eigenvalue weighted by Crippen LogP contribution is 2.13. The van der Waals surface area contributed by atoms with Crippen molar-refractivity contribution in [1.82, 2.24) is 24.9 Å². The smallest absolute Gasteiger partial charge is 0.171 e. The third kappa shape index (κ3) is 4.49. The highest BCUT2D eigenvalue weighted by atomic mass is 32.1. The van der Waals surface area contributed by atoms with Crippen LogP contribution < -0.4 is 10.6 Å². The summed E-state index contributed by atoms with van der Waals surface area (Å²) in [4.78, 5) is 0. The summed E-state index contributed by atoms with van der Waals surface area (Å²) < 4.78 is 3.85. The summed E-state index contributed by atoms with van der Waals surface area (Å²) in [6, 6.07) is 10.5. The molecule has 0 fully saturated rings. The van der Waals surface area contributed by atoms with E-state index >= 15 is 0 Å². The predicted molar refractivity (Wildman–Crippen MR) is 108 cm³/mol. The Morgan fingerprint density at radius 1 is 1.19 bits per heavy atom. The van der Waals surface area contributed by atoms with Gasteiger partial charge in [-0.25, -0.2) is 0 Å². The molecule has 3 rings (SSSR count). The molecular formula is C19H24N6S. The molecule has 0 saturated heterocycles. The normalized spacial score (nSPS) is 12.0. The molecule has 1 atom stereocenters. The van der Waals surface area contributed by atoms with Crippen LogP contribution in [0.4, 0.5) is 5.69 Å². The zero-order valence-electron chi connectivity index (χ0n) is 15.3. The average molecular weight is 369 g/mol. The quantitative estimate of drug-likeness (QED) is 0.652. The number of hydrogen-bond acceptors (Lipinski definition) is 3. The molecule has 0 saturated carbocycles. The van der Waals surface area contributed by atoms with Gasteiger partial charge in [-0.2, -0.15) is 10.2 Å². The Bertz CT molecular complexity index is 864. The zero-order valence-corrected chi connectivity index (χ0v) is 16.1. The van der Waals surface area contributed by atoms with E-state index in [4.69, 9.17) is 12.2 Å². The third-order valence-electron chi connectivity index (χ3n) is 4.20. The van der Waals surface area contributed by atoms with Gasteiger partial charge in [-0.15, -0.1) is 0 Å². The zero-order chi connectivity index (χ0) is 18.5. The van der Waals surface area contributed by atoms with Crippen molar-refractivity contribution < 1.29 is 0 Å². The largest absolute Gasteiger partial charge is 0.354 e. The second-order valence-corrected chi connectivity index (χ2v) is 6.71. The average Bonchev–Trinajstić information content (AvgIpc) is 3.26. The number of aryl methyl sites for hydroxylation is 2. The molecule has 2 heterocycles. The van der Waals surface area contributed by atoms with Crippen LogP contribution in [0.3, 0.4) is 0 Å². The molecule has 0 aliphatic heterocycles. The van der Waals surface area contributed by atoms with E-state index in [1.165, 1.54) is 11.1 Å². The van der Waals surface area contributed by atoms with Gasteiger partial charge < -0.3 is 10.6 Å². The summed E-state index contributed by atoms with van der Waals surface area (Å²) in [7, 11) is 0. The Labute approximate surface area is 159 Å². The van der Waals surface area contributed by atoms with Crippen molar-refractivity contribution in [2.45, 2.75) is 39.9 Å². The SMILES string of the molecule is CCn1nccc1C(C)NC(=S)Nc1cnn(Cc2ccc(C)cc2)c1. The van der Waals surface area contributed by atoms with Gasteiger partial charge in [-0.05, 0) is 44.6 Å². The molecule has 0 aliphatic carbocycles. The van der Waals surface area contributed by atoms with E-state index in [1.54, 1.807) is 6.20 Å². The van der Waals surface area contributed by atoms with Crippen LogP contribution in [0.5, 0.6) is 0 Å². The fraction of sp³-hybridized carbons (Fsp3) is 0.316. The number of nitrogens with one attached hydrogen (secondary N) is 2. The summed E-state index contributed by atoms with van der Waals surface area (Å²) in [5.41, 5.74) is 4.44. The molecule has 6 nitrogen and oxygen atoms in total. The molecule has 2 N–H and O–H groups in total. The van der Waals surface area contributed by atoms with E-state index in [0.29, 0.717) is 5.11 Å². The molecule has 7 heteroatoms. The topological polar surface area (TPSA) is 59.7 Å². The minimum atomic E-state index is 0.0695. The second kappa shape index (κ2) is 8.14. The minimum Gasteiger partial charge on any atom is -0.354 e. The molecule has 26 heavy (non-hydrogen) atoms. The van der Waals surface area contributed by atoms with Gasteiger partial charge in [0.25, 0.3) is 0 Å². The van der Waals surface area contributed by atoms with Crippen LogP contribution in [0.25, 0.3) is 0 Å². The van der Waals surface area contributed by atoms with Crippen molar-refractivity contribution in [3.8, 4) is 0 Å². The predicted octanol–water partition coefficient (Wildman–Crippen LogP) is 3.50. The van der Waals surface area contributed by atoms with Crippen molar-refractivity contribution in [2.24, 2.45) is 0 Å². The van der Waals surface area contributed by atoms with Gasteiger partial charge >= 0.3 is 0 Å². The van der Waals surface area contributed by atoms with Crippen molar-refractivity contribution in [3.63, 3.8) is 0 Å². The van der Waals surface area contributed by atoms with Crippen LogP contribution in [0, 0.1) is 6.92 Å².